The second kappa shape index (κ2) is 11.7. The molecule has 0 heterocycles. The highest BCUT2D eigenvalue weighted by molar-refractivity contribution is 6.80. The van der Waals surface area contributed by atoms with Gasteiger partial charge in [-0.25, -0.2) is 0 Å². The number of hydrogen-bond acceptors (Lipinski definition) is 1. The van der Waals surface area contributed by atoms with E-state index in [1.54, 1.807) is 0 Å². The molecule has 168 valence electrons. The zero-order valence-electron chi connectivity index (χ0n) is 20.2. The van der Waals surface area contributed by atoms with E-state index in [1.807, 2.05) is 0 Å². The van der Waals surface area contributed by atoms with Crippen LogP contribution in [0.1, 0.15) is 49.3 Å². The van der Waals surface area contributed by atoms with Crippen molar-refractivity contribution in [1.29, 1.82) is 0 Å². The van der Waals surface area contributed by atoms with Gasteiger partial charge in [0, 0.05) is 0 Å². The molecule has 0 fully saturated rings. The van der Waals surface area contributed by atoms with Crippen molar-refractivity contribution in [2.24, 2.45) is 0 Å². The van der Waals surface area contributed by atoms with Gasteiger partial charge in [0.1, 0.15) is 18.7 Å². The number of benzene rings is 3. The van der Waals surface area contributed by atoms with E-state index in [4.69, 9.17) is 4.74 Å². The predicted molar refractivity (Wildman–Crippen MR) is 141 cm³/mol. The van der Waals surface area contributed by atoms with Crippen LogP contribution in [0.2, 0.25) is 17.4 Å². The molecular formula is C30H38AlO-. The van der Waals surface area contributed by atoms with E-state index >= 15 is 0 Å². The average molecular weight is 442 g/mol. The van der Waals surface area contributed by atoms with Gasteiger partial charge >= 0.3 is 0 Å². The molecule has 1 unspecified atom stereocenters. The Labute approximate surface area is 197 Å². The van der Waals surface area contributed by atoms with Crippen molar-refractivity contribution < 1.29 is 4.74 Å². The minimum atomic E-state index is -1.63. The normalized spacial score (nSPS) is 13.4. The standard InChI is InChI=1S/C27H29O.3CH3.Al/c1-3-5-9-22-26(4-2)28-27(23-16-10-6-11-17-23,24-18-12-7-13-19-24)25-20-14-8-15-21-25;;;;/h2,4,6-8,10-21,26H,3,5,9,22H2,1H3;3*1H3;/q;;;;-1. The molecule has 32 heavy (non-hydrogen) atoms. The van der Waals surface area contributed by atoms with Crippen LogP contribution in [0.25, 0.3) is 0 Å². The molecule has 0 aromatic heterocycles. The molecule has 0 aliphatic carbocycles. The Kier molecular flexibility index (Phi) is 8.95. The van der Waals surface area contributed by atoms with Crippen LogP contribution >= 0.6 is 0 Å². The first kappa shape index (κ1) is 24.5. The number of unbranched alkanes of at least 4 members (excludes halogenated alkanes) is 2. The fourth-order valence-corrected chi connectivity index (χ4v) is 5.11. The Hall–Kier alpha value is -2.11. The summed E-state index contributed by atoms with van der Waals surface area (Å²) in [4.78, 5) is 2.47. The lowest BCUT2D eigenvalue weighted by atomic mass is 9.79. The van der Waals surface area contributed by atoms with Crippen LogP contribution in [-0.4, -0.2) is 19.2 Å². The van der Waals surface area contributed by atoms with Crippen LogP contribution in [0.5, 0.6) is 0 Å². The van der Waals surface area contributed by atoms with Crippen LogP contribution < -0.4 is 0 Å². The van der Waals surface area contributed by atoms with Crippen LogP contribution in [0.15, 0.2) is 102 Å². The monoisotopic (exact) mass is 441 g/mol. The molecule has 2 heteroatoms. The lowest BCUT2D eigenvalue weighted by Crippen LogP contribution is -2.36. The maximum Gasteiger partial charge on any atom is 0.149 e. The van der Waals surface area contributed by atoms with E-state index in [-0.39, 0.29) is 6.10 Å². The van der Waals surface area contributed by atoms with E-state index in [0.717, 1.165) is 6.42 Å². The summed E-state index contributed by atoms with van der Waals surface area (Å²) in [6, 6.07) is 32.1. The SMILES string of the molecule is CCCCCC(/C=[CH]/[Al-]([CH3])([CH3])[CH3])OC(c1ccccc1)(c1ccccc1)c1ccccc1. The lowest BCUT2D eigenvalue weighted by molar-refractivity contribution is -0.0285. The number of hydrogen-bond donors (Lipinski definition) is 0. The molecule has 1 atom stereocenters. The number of rotatable bonds is 11. The summed E-state index contributed by atoms with van der Waals surface area (Å²) in [5, 5.41) is 0. The summed E-state index contributed by atoms with van der Waals surface area (Å²) in [5.74, 6) is 7.22. The fraction of sp³-hybridized carbons (Fsp3) is 0.333. The van der Waals surface area contributed by atoms with E-state index < -0.39 is 18.7 Å². The van der Waals surface area contributed by atoms with Crippen molar-refractivity contribution in [2.45, 2.75) is 61.7 Å². The summed E-state index contributed by atoms with van der Waals surface area (Å²) >= 11 is -1.63. The zero-order valence-corrected chi connectivity index (χ0v) is 21.4. The molecule has 3 aromatic carbocycles. The van der Waals surface area contributed by atoms with Gasteiger partial charge in [-0.05, 0) is 23.1 Å². The van der Waals surface area contributed by atoms with Crippen molar-refractivity contribution >= 4 is 13.1 Å². The summed E-state index contributed by atoms with van der Waals surface area (Å²) < 4.78 is 7.28. The maximum atomic E-state index is 7.28. The molecule has 0 saturated carbocycles. The summed E-state index contributed by atoms with van der Waals surface area (Å²) in [6.07, 6.45) is 7.08. The van der Waals surface area contributed by atoms with Gasteiger partial charge in [0.25, 0.3) is 0 Å². The molecular weight excluding hydrogens is 403 g/mol. The van der Waals surface area contributed by atoms with Crippen molar-refractivity contribution in [3.63, 3.8) is 0 Å². The van der Waals surface area contributed by atoms with E-state index in [9.17, 15) is 0 Å². The molecule has 3 aromatic rings. The first-order valence-corrected chi connectivity index (χ1v) is 16.4. The molecule has 0 bridgehead atoms. The van der Waals surface area contributed by atoms with E-state index in [0.29, 0.717) is 0 Å². The van der Waals surface area contributed by atoms with Crippen molar-refractivity contribution in [3.05, 3.63) is 119 Å². The zero-order chi connectivity index (χ0) is 22.9. The minimum Gasteiger partial charge on any atom is -0.354 e. The number of ether oxygens (including phenoxy) is 1. The van der Waals surface area contributed by atoms with Crippen LogP contribution in [0.3, 0.4) is 0 Å². The topological polar surface area (TPSA) is 9.23 Å². The minimum absolute atomic E-state index is 0.0568. The van der Waals surface area contributed by atoms with Crippen LogP contribution in [-0.2, 0) is 10.3 Å². The third-order valence-electron chi connectivity index (χ3n) is 5.86. The summed E-state index contributed by atoms with van der Waals surface area (Å²) in [5.41, 5.74) is 2.85. The Morgan fingerprint density at radius 1 is 0.719 bits per heavy atom. The Balaban J connectivity index is 2.16. The van der Waals surface area contributed by atoms with E-state index in [2.05, 4.69) is 126 Å². The van der Waals surface area contributed by atoms with Crippen molar-refractivity contribution in [1.82, 2.24) is 0 Å². The molecule has 0 radical (unpaired) electrons. The maximum absolute atomic E-state index is 7.28. The van der Waals surface area contributed by atoms with Gasteiger partial charge in [0.2, 0.25) is 0 Å². The lowest BCUT2D eigenvalue weighted by Gasteiger charge is -2.39. The summed E-state index contributed by atoms with van der Waals surface area (Å²) in [6.45, 7) is 2.26. The average Bonchev–Trinajstić information content (AvgIpc) is 2.82. The molecule has 0 N–H and O–H groups in total. The third kappa shape index (κ3) is 6.46. The van der Waals surface area contributed by atoms with Gasteiger partial charge in [0.15, 0.2) is 0 Å². The van der Waals surface area contributed by atoms with Gasteiger partial charge in [-0.15, -0.1) is 6.08 Å². The van der Waals surface area contributed by atoms with Gasteiger partial charge in [0.05, 0.1) is 6.10 Å². The second-order valence-corrected chi connectivity index (χ2v) is 15.9. The first-order valence-electron chi connectivity index (χ1n) is 12.3. The molecule has 1 nitrogen and oxygen atoms in total. The van der Waals surface area contributed by atoms with Crippen LogP contribution in [0.4, 0.5) is 0 Å². The second-order valence-electron chi connectivity index (χ2n) is 10.0. The molecule has 0 amide bonds. The smallest absolute Gasteiger partial charge is 0.149 e. The Morgan fingerprint density at radius 2 is 1.16 bits per heavy atom. The molecule has 0 saturated heterocycles. The van der Waals surface area contributed by atoms with Gasteiger partial charge in [-0.1, -0.05) is 117 Å². The highest BCUT2D eigenvalue weighted by Crippen LogP contribution is 2.42. The quantitative estimate of drug-likeness (QED) is 0.165. The Bertz CT molecular complexity index is 846. The first-order chi connectivity index (χ1) is 15.5. The van der Waals surface area contributed by atoms with Crippen molar-refractivity contribution in [3.8, 4) is 0 Å². The highest BCUT2D eigenvalue weighted by Gasteiger charge is 2.39. The van der Waals surface area contributed by atoms with Gasteiger partial charge in [-0.2, -0.15) is 17.4 Å². The largest absolute Gasteiger partial charge is 0.354 e. The molecule has 0 aliphatic rings. The predicted octanol–water partition coefficient (Wildman–Crippen LogP) is 8.38. The molecule has 3 rings (SSSR count). The molecule has 0 spiro atoms. The van der Waals surface area contributed by atoms with Gasteiger partial charge in [-0.3, -0.25) is 4.94 Å². The third-order valence-corrected chi connectivity index (χ3v) is 7.24. The Morgan fingerprint density at radius 3 is 1.53 bits per heavy atom. The highest BCUT2D eigenvalue weighted by atomic mass is 27.2. The van der Waals surface area contributed by atoms with Crippen LogP contribution in [0, 0.1) is 0 Å². The fourth-order valence-electron chi connectivity index (χ4n) is 4.20. The van der Waals surface area contributed by atoms with Gasteiger partial charge < -0.3 is 4.74 Å². The summed E-state index contributed by atoms with van der Waals surface area (Å²) in [7, 11) is 0. The van der Waals surface area contributed by atoms with Crippen molar-refractivity contribution in [2.75, 3.05) is 0 Å². The van der Waals surface area contributed by atoms with E-state index in [1.165, 1.54) is 36.0 Å². The molecule has 0 aliphatic heterocycles.